The fourth-order valence-corrected chi connectivity index (χ4v) is 3.29. The summed E-state index contributed by atoms with van der Waals surface area (Å²) in [5, 5.41) is 11.7. The molecular weight excluding hydrogens is 276 g/mol. The number of piperidine rings is 1. The lowest BCUT2D eigenvalue weighted by Gasteiger charge is -2.37. The van der Waals surface area contributed by atoms with Crippen molar-refractivity contribution in [1.82, 2.24) is 10.2 Å². The molecule has 1 aliphatic heterocycles. The first-order chi connectivity index (χ1) is 10.8. The molecule has 1 aliphatic rings. The minimum Gasteiger partial charge on any atom is -0.396 e. The van der Waals surface area contributed by atoms with Crippen LogP contribution in [-0.2, 0) is 4.79 Å². The molecular formula is C18H28N2O2. The molecule has 0 aliphatic carbocycles. The van der Waals surface area contributed by atoms with E-state index in [-0.39, 0.29) is 18.4 Å². The van der Waals surface area contributed by atoms with Crippen LogP contribution < -0.4 is 5.32 Å². The summed E-state index contributed by atoms with van der Waals surface area (Å²) in [5.41, 5.74) is 1.37. The normalized spacial score (nSPS) is 18.1. The predicted molar refractivity (Wildman–Crippen MR) is 88.5 cm³/mol. The van der Waals surface area contributed by atoms with Crippen molar-refractivity contribution < 1.29 is 9.90 Å². The molecule has 22 heavy (non-hydrogen) atoms. The molecule has 1 heterocycles. The van der Waals surface area contributed by atoms with E-state index in [1.165, 1.54) is 5.56 Å². The van der Waals surface area contributed by atoms with E-state index < -0.39 is 0 Å². The molecule has 1 aromatic carbocycles. The molecule has 4 nitrogen and oxygen atoms in total. The SMILES string of the molecule is CC[C@H](c1ccccc1)N1CCC(C(=O)NCCCO)CC1. The Hall–Kier alpha value is -1.39. The van der Waals surface area contributed by atoms with Gasteiger partial charge in [-0.05, 0) is 44.3 Å². The van der Waals surface area contributed by atoms with E-state index in [2.05, 4.69) is 47.5 Å². The molecule has 0 spiro atoms. The van der Waals surface area contributed by atoms with Crippen molar-refractivity contribution in [2.75, 3.05) is 26.2 Å². The Kier molecular flexibility index (Phi) is 6.87. The van der Waals surface area contributed by atoms with Crippen molar-refractivity contribution in [2.45, 2.75) is 38.6 Å². The van der Waals surface area contributed by atoms with Gasteiger partial charge in [0.1, 0.15) is 0 Å². The van der Waals surface area contributed by atoms with Crippen LogP contribution in [0.4, 0.5) is 0 Å². The molecule has 1 amide bonds. The average molecular weight is 304 g/mol. The van der Waals surface area contributed by atoms with Gasteiger partial charge in [-0.25, -0.2) is 0 Å². The summed E-state index contributed by atoms with van der Waals surface area (Å²) < 4.78 is 0. The number of rotatable bonds is 7. The van der Waals surface area contributed by atoms with Gasteiger partial charge in [0, 0.05) is 25.1 Å². The smallest absolute Gasteiger partial charge is 0.223 e. The predicted octanol–water partition coefficient (Wildman–Crippen LogP) is 2.35. The van der Waals surface area contributed by atoms with E-state index in [1.54, 1.807) is 0 Å². The summed E-state index contributed by atoms with van der Waals surface area (Å²) in [6.07, 6.45) is 3.58. The van der Waals surface area contributed by atoms with Gasteiger partial charge in [0.15, 0.2) is 0 Å². The zero-order chi connectivity index (χ0) is 15.8. The van der Waals surface area contributed by atoms with Crippen molar-refractivity contribution in [3.63, 3.8) is 0 Å². The van der Waals surface area contributed by atoms with E-state index in [4.69, 9.17) is 5.11 Å². The lowest BCUT2D eigenvalue weighted by molar-refractivity contribution is -0.126. The van der Waals surface area contributed by atoms with Gasteiger partial charge in [-0.3, -0.25) is 9.69 Å². The first-order valence-corrected chi connectivity index (χ1v) is 8.43. The molecule has 122 valence electrons. The molecule has 0 saturated carbocycles. The molecule has 0 bridgehead atoms. The molecule has 0 unspecified atom stereocenters. The monoisotopic (exact) mass is 304 g/mol. The molecule has 0 radical (unpaired) electrons. The molecule has 0 aromatic heterocycles. The van der Waals surface area contributed by atoms with Crippen molar-refractivity contribution in [3.05, 3.63) is 35.9 Å². The van der Waals surface area contributed by atoms with E-state index in [0.717, 1.165) is 32.4 Å². The number of amides is 1. The van der Waals surface area contributed by atoms with Crippen molar-refractivity contribution in [2.24, 2.45) is 5.92 Å². The Morgan fingerprint density at radius 2 is 2.00 bits per heavy atom. The van der Waals surface area contributed by atoms with Crippen LogP contribution in [0.15, 0.2) is 30.3 Å². The van der Waals surface area contributed by atoms with Crippen LogP contribution in [0.2, 0.25) is 0 Å². The number of carbonyl (C=O) groups is 1. The van der Waals surface area contributed by atoms with Crippen LogP contribution in [-0.4, -0.2) is 42.2 Å². The number of nitrogens with zero attached hydrogens (tertiary/aromatic N) is 1. The van der Waals surface area contributed by atoms with Gasteiger partial charge in [0.05, 0.1) is 0 Å². The topological polar surface area (TPSA) is 52.6 Å². The quantitative estimate of drug-likeness (QED) is 0.760. The van der Waals surface area contributed by atoms with E-state index >= 15 is 0 Å². The average Bonchev–Trinajstić information content (AvgIpc) is 2.57. The second-order valence-electron chi connectivity index (χ2n) is 6.01. The van der Waals surface area contributed by atoms with Gasteiger partial charge in [-0.2, -0.15) is 0 Å². The number of aliphatic hydroxyl groups is 1. The highest BCUT2D eigenvalue weighted by Crippen LogP contribution is 2.29. The minimum absolute atomic E-state index is 0.128. The van der Waals surface area contributed by atoms with E-state index in [9.17, 15) is 4.79 Å². The van der Waals surface area contributed by atoms with Gasteiger partial charge < -0.3 is 10.4 Å². The second kappa shape index (κ2) is 8.91. The maximum Gasteiger partial charge on any atom is 0.223 e. The highest BCUT2D eigenvalue weighted by molar-refractivity contribution is 5.78. The standard InChI is InChI=1S/C18H28N2O2/c1-2-17(15-7-4-3-5-8-15)20-12-9-16(10-13-20)18(22)19-11-6-14-21/h3-5,7-8,16-17,21H,2,6,9-14H2,1H3,(H,19,22)/t17-/m1/s1. The Morgan fingerprint density at radius 3 is 2.59 bits per heavy atom. The number of carbonyl (C=O) groups excluding carboxylic acids is 1. The van der Waals surface area contributed by atoms with Crippen LogP contribution in [0, 0.1) is 5.92 Å². The molecule has 1 fully saturated rings. The molecule has 1 atom stereocenters. The first-order valence-electron chi connectivity index (χ1n) is 8.43. The highest BCUT2D eigenvalue weighted by Gasteiger charge is 2.28. The fourth-order valence-electron chi connectivity index (χ4n) is 3.29. The molecule has 2 N–H and O–H groups in total. The molecule has 4 heteroatoms. The third-order valence-corrected chi connectivity index (χ3v) is 4.55. The molecule has 2 rings (SSSR count). The summed E-state index contributed by atoms with van der Waals surface area (Å²) in [5.74, 6) is 0.282. The van der Waals surface area contributed by atoms with Crippen LogP contribution in [0.3, 0.4) is 0 Å². The number of hydrogen-bond donors (Lipinski definition) is 2. The van der Waals surface area contributed by atoms with Gasteiger partial charge in [0.2, 0.25) is 5.91 Å². The van der Waals surface area contributed by atoms with Crippen LogP contribution in [0.25, 0.3) is 0 Å². The van der Waals surface area contributed by atoms with Gasteiger partial charge in [0.25, 0.3) is 0 Å². The lowest BCUT2D eigenvalue weighted by Crippen LogP contribution is -2.42. The Balaban J connectivity index is 1.84. The summed E-state index contributed by atoms with van der Waals surface area (Å²) >= 11 is 0. The fraction of sp³-hybridized carbons (Fsp3) is 0.611. The van der Waals surface area contributed by atoms with Crippen LogP contribution in [0.1, 0.15) is 44.2 Å². The third-order valence-electron chi connectivity index (χ3n) is 4.55. The third kappa shape index (κ3) is 4.55. The van der Waals surface area contributed by atoms with E-state index in [0.29, 0.717) is 19.0 Å². The summed E-state index contributed by atoms with van der Waals surface area (Å²) in [4.78, 5) is 14.6. The van der Waals surface area contributed by atoms with Crippen LogP contribution in [0.5, 0.6) is 0 Å². The largest absolute Gasteiger partial charge is 0.396 e. The van der Waals surface area contributed by atoms with Crippen molar-refractivity contribution in [1.29, 1.82) is 0 Å². The van der Waals surface area contributed by atoms with Crippen molar-refractivity contribution in [3.8, 4) is 0 Å². The zero-order valence-corrected chi connectivity index (χ0v) is 13.5. The summed E-state index contributed by atoms with van der Waals surface area (Å²) in [6, 6.07) is 11.1. The molecule has 1 saturated heterocycles. The first kappa shape index (κ1) is 17.0. The number of aliphatic hydroxyl groups excluding tert-OH is 1. The van der Waals surface area contributed by atoms with E-state index in [1.807, 2.05) is 0 Å². The number of nitrogens with one attached hydrogen (secondary N) is 1. The Morgan fingerprint density at radius 1 is 1.32 bits per heavy atom. The maximum absolute atomic E-state index is 12.1. The second-order valence-corrected chi connectivity index (χ2v) is 6.01. The summed E-state index contributed by atoms with van der Waals surface area (Å²) in [6.45, 7) is 4.90. The van der Waals surface area contributed by atoms with Gasteiger partial charge in [-0.1, -0.05) is 37.3 Å². The lowest BCUT2D eigenvalue weighted by atomic mass is 9.92. The number of benzene rings is 1. The maximum atomic E-state index is 12.1. The van der Waals surface area contributed by atoms with Gasteiger partial charge in [-0.15, -0.1) is 0 Å². The Bertz CT molecular complexity index is 442. The number of hydrogen-bond acceptors (Lipinski definition) is 3. The van der Waals surface area contributed by atoms with Crippen molar-refractivity contribution >= 4 is 5.91 Å². The highest BCUT2D eigenvalue weighted by atomic mass is 16.3. The number of likely N-dealkylation sites (tertiary alicyclic amines) is 1. The Labute approximate surface area is 133 Å². The molecule has 1 aromatic rings. The zero-order valence-electron chi connectivity index (χ0n) is 13.5. The minimum atomic E-state index is 0.128. The van der Waals surface area contributed by atoms with Crippen LogP contribution >= 0.6 is 0 Å². The van der Waals surface area contributed by atoms with Gasteiger partial charge >= 0.3 is 0 Å². The summed E-state index contributed by atoms with van der Waals surface area (Å²) in [7, 11) is 0.